The van der Waals surface area contributed by atoms with Gasteiger partial charge in [0.2, 0.25) is 17.2 Å². The lowest BCUT2D eigenvalue weighted by Gasteiger charge is -2.39. The number of fused-ring (bicyclic) bond motifs is 5. The van der Waals surface area contributed by atoms with Crippen molar-refractivity contribution in [1.82, 2.24) is 39.6 Å². The number of phosphoric acid groups is 3. The van der Waals surface area contributed by atoms with Crippen molar-refractivity contribution in [2.75, 3.05) is 70.1 Å². The van der Waals surface area contributed by atoms with Crippen LogP contribution in [0.1, 0.15) is 88.5 Å². The third-order valence-electron chi connectivity index (χ3n) is 15.2. The number of aromatic nitrogens is 4. The first-order valence-electron chi connectivity index (χ1n) is 26.5. The molecule has 11 rings (SSSR count). The fraction of sp³-hybridized carbons (Fsp3) is 0.460. The maximum absolute atomic E-state index is 14.7. The number of aryl methyl sites for hydroxylation is 2. The fourth-order valence-corrected chi connectivity index (χ4v) is 14.9. The van der Waals surface area contributed by atoms with Crippen LogP contribution in [0.25, 0.3) is 16.7 Å². The summed E-state index contributed by atoms with van der Waals surface area (Å²) in [5, 5.41) is 18.7. The molecule has 0 saturated carbocycles. The van der Waals surface area contributed by atoms with Gasteiger partial charge in [-0.1, -0.05) is 18.2 Å². The monoisotopic (exact) mass is 1180 g/mol. The largest absolute Gasteiger partial charge is 0.490 e. The molecule has 10 N–H and O–H groups in total. The average molecular weight is 1180 g/mol. The van der Waals surface area contributed by atoms with Crippen LogP contribution in [0.2, 0.25) is 0 Å². The summed E-state index contributed by atoms with van der Waals surface area (Å²) < 4.78 is 69.6. The Bertz CT molecular complexity index is 3730. The zero-order valence-corrected chi connectivity index (χ0v) is 46.4. The van der Waals surface area contributed by atoms with Crippen LogP contribution in [0.3, 0.4) is 0 Å². The van der Waals surface area contributed by atoms with E-state index in [-0.39, 0.29) is 55.0 Å². The molecular weight excluding hydrogens is 1120 g/mol. The number of hydrogen-bond donors (Lipinski definition) is 9. The number of anilines is 2. The lowest BCUT2D eigenvalue weighted by Crippen LogP contribution is -2.45. The molecule has 0 bridgehead atoms. The second kappa shape index (κ2) is 22.4. The highest BCUT2D eigenvalue weighted by Gasteiger charge is 2.50. The summed E-state index contributed by atoms with van der Waals surface area (Å²) in [4.78, 5) is 105. The number of aliphatic hydroxyl groups is 1. The first-order chi connectivity index (χ1) is 38.6. The van der Waals surface area contributed by atoms with Crippen molar-refractivity contribution in [3.8, 4) is 11.5 Å². The number of phosphoric ester groups is 1. The van der Waals surface area contributed by atoms with E-state index in [1.165, 1.54) is 33.3 Å². The number of aliphatic hydroxyl groups excluding tert-OH is 1. The molecule has 3 aromatic carbocycles. The predicted octanol–water partition coefficient (Wildman–Crippen LogP) is 1.50. The van der Waals surface area contributed by atoms with Crippen LogP contribution in [-0.2, 0) is 66.8 Å². The number of aromatic amines is 1. The van der Waals surface area contributed by atoms with Crippen molar-refractivity contribution >= 4 is 69.7 Å². The maximum atomic E-state index is 14.7. The van der Waals surface area contributed by atoms with Crippen LogP contribution in [0.5, 0.6) is 11.5 Å². The van der Waals surface area contributed by atoms with E-state index < -0.39 is 66.3 Å². The van der Waals surface area contributed by atoms with Gasteiger partial charge in [0.15, 0.2) is 23.5 Å². The van der Waals surface area contributed by atoms with Gasteiger partial charge in [-0.3, -0.25) is 28.5 Å². The van der Waals surface area contributed by atoms with E-state index in [4.69, 9.17) is 29.7 Å². The molecule has 0 radical (unpaired) electrons. The van der Waals surface area contributed by atoms with Gasteiger partial charge in [-0.25, -0.2) is 28.0 Å². The summed E-state index contributed by atoms with van der Waals surface area (Å²) >= 11 is 0. The molecule has 31 heteroatoms. The van der Waals surface area contributed by atoms with E-state index in [0.717, 1.165) is 122 Å². The molecule has 6 atom stereocenters. The Labute approximate surface area is 461 Å². The number of nitrogen functional groups attached to an aromatic ring is 1. The molecule has 0 aliphatic carbocycles. The second-order valence-corrected chi connectivity index (χ2v) is 25.0. The number of H-pyrrole nitrogens is 1. The molecule has 81 heavy (non-hydrogen) atoms. The van der Waals surface area contributed by atoms with Gasteiger partial charge in [0.25, 0.3) is 11.5 Å². The second-order valence-electron chi connectivity index (χ2n) is 20.6. The van der Waals surface area contributed by atoms with E-state index in [2.05, 4.69) is 60.3 Å². The van der Waals surface area contributed by atoms with Crippen molar-refractivity contribution in [3.63, 3.8) is 0 Å². The number of benzene rings is 3. The van der Waals surface area contributed by atoms with E-state index in [0.29, 0.717) is 12.0 Å². The highest BCUT2D eigenvalue weighted by Crippen LogP contribution is 2.66. The molecule has 1 saturated heterocycles. The number of imidazole rings is 1. The smallest absolute Gasteiger partial charge is 0.455 e. The van der Waals surface area contributed by atoms with Gasteiger partial charge in [0.1, 0.15) is 36.8 Å². The Kier molecular flexibility index (Phi) is 15.6. The fourth-order valence-electron chi connectivity index (χ4n) is 11.9. The molecule has 0 spiro atoms. The third-order valence-corrected chi connectivity index (χ3v) is 19.0. The van der Waals surface area contributed by atoms with Crippen LogP contribution in [-0.4, -0.2) is 145 Å². The molecule has 5 aromatic rings. The number of nitrogens with one attached hydrogen (secondary N) is 3. The molecule has 432 valence electrons. The van der Waals surface area contributed by atoms with Gasteiger partial charge in [-0.2, -0.15) is 13.6 Å². The van der Waals surface area contributed by atoms with E-state index in [9.17, 15) is 47.8 Å². The Morgan fingerprint density at radius 2 is 1.64 bits per heavy atom. The molecule has 1 fully saturated rings. The lowest BCUT2D eigenvalue weighted by molar-refractivity contribution is -0.121. The van der Waals surface area contributed by atoms with Crippen LogP contribution >= 0.6 is 23.5 Å². The minimum atomic E-state index is -5.90. The van der Waals surface area contributed by atoms with Gasteiger partial charge in [0.05, 0.1) is 18.5 Å². The molecule has 28 nitrogen and oxygen atoms in total. The molecular formula is C50H60N10O18P3+. The highest BCUT2D eigenvalue weighted by atomic mass is 31.3. The minimum absolute atomic E-state index is 0.0321. The number of carbonyl (C=O) groups excluding carboxylic acids is 3. The Hall–Kier alpha value is -6.38. The zero-order chi connectivity index (χ0) is 57.1. The zero-order valence-electron chi connectivity index (χ0n) is 43.7. The normalized spacial score (nSPS) is 21.4. The first-order valence-corrected chi connectivity index (χ1v) is 31.0. The van der Waals surface area contributed by atoms with Gasteiger partial charge in [-0.05, 0) is 74.3 Å². The number of rotatable bonds is 18. The molecule has 2 unspecified atom stereocenters. The third kappa shape index (κ3) is 11.6. The number of ether oxygens (including phenoxy) is 3. The maximum Gasteiger partial charge on any atom is 0.490 e. The molecule has 8 heterocycles. The van der Waals surface area contributed by atoms with Crippen molar-refractivity contribution in [3.05, 3.63) is 103 Å². The highest BCUT2D eigenvalue weighted by molar-refractivity contribution is 7.66. The van der Waals surface area contributed by atoms with Crippen LogP contribution in [0, 0.1) is 0 Å². The Balaban J connectivity index is 0.735. The van der Waals surface area contributed by atoms with E-state index in [1.807, 2.05) is 24.3 Å². The molecule has 3 amide bonds. The van der Waals surface area contributed by atoms with Gasteiger partial charge < -0.3 is 65.1 Å². The molecule has 6 aliphatic rings. The predicted molar refractivity (Wildman–Crippen MR) is 287 cm³/mol. The SMILES string of the molecule is CN(CCCC(=O)NCCNC(=O)O[C@@H]1[C@H](O)[C@@H](COP(=O)(O)OP(=O)(O)OP(=O)(O)O)O[C@H]1n1cnc2c(=O)[nH]c(N)nc21)C(=O)c1ccccc1C1=c2cc3c4c(c2Oc2c1cc1c5c2CCCN5CCC1)CCC[N+]=4CCC3. The van der Waals surface area contributed by atoms with Gasteiger partial charge in [-0.15, -0.1) is 0 Å². The van der Waals surface area contributed by atoms with Crippen LogP contribution in [0.15, 0.2) is 47.5 Å². The van der Waals surface area contributed by atoms with Gasteiger partial charge in [0, 0.05) is 97.8 Å². The number of amides is 3. The number of hydrogen-bond acceptors (Lipinski definition) is 18. The number of alkyl carbamates (subject to hydrolysis) is 1. The summed E-state index contributed by atoms with van der Waals surface area (Å²) in [6.07, 6.45) is 1.23. The van der Waals surface area contributed by atoms with Crippen LogP contribution in [0.4, 0.5) is 16.4 Å². The van der Waals surface area contributed by atoms with Crippen molar-refractivity contribution in [1.29, 1.82) is 0 Å². The van der Waals surface area contributed by atoms with Crippen LogP contribution < -0.4 is 46.7 Å². The summed E-state index contributed by atoms with van der Waals surface area (Å²) in [5.74, 6) is 0.864. The number of nitrogens with two attached hydrogens (primary N) is 1. The average Bonchev–Trinajstić information content (AvgIpc) is 2.76. The number of nitrogens with zero attached hydrogens (tertiary/aromatic N) is 6. The summed E-state index contributed by atoms with van der Waals surface area (Å²) in [5.41, 5.74) is 14.3. The first kappa shape index (κ1) is 56.5. The van der Waals surface area contributed by atoms with E-state index in [1.54, 1.807) is 11.9 Å². The topological polar surface area (TPSA) is 382 Å². The summed E-state index contributed by atoms with van der Waals surface area (Å²) in [6.45, 7) is 2.93. The summed E-state index contributed by atoms with van der Waals surface area (Å²) in [7, 11) is -15.6. The quantitative estimate of drug-likeness (QED) is 0.0334. The van der Waals surface area contributed by atoms with Crippen molar-refractivity contribution in [2.24, 2.45) is 0 Å². The Morgan fingerprint density at radius 1 is 0.914 bits per heavy atom. The molecule has 6 aliphatic heterocycles. The minimum Gasteiger partial charge on any atom is -0.455 e. The van der Waals surface area contributed by atoms with Crippen molar-refractivity contribution < 1.29 is 80.1 Å². The summed E-state index contributed by atoms with van der Waals surface area (Å²) in [6, 6.07) is 12.4. The lowest BCUT2D eigenvalue weighted by atomic mass is 9.81. The number of carbonyl (C=O) groups is 3. The Morgan fingerprint density at radius 3 is 2.43 bits per heavy atom. The van der Waals surface area contributed by atoms with Crippen molar-refractivity contribution in [2.45, 2.75) is 88.7 Å². The van der Waals surface area contributed by atoms with E-state index >= 15 is 0 Å². The standard InChI is InChI=1S/C50H59N10O18P3/c1-57(47(64)30-12-3-2-11-29(30)37-33-23-27-9-4-19-58-21-6-13-31(39(27)58)42(33)75-43-32-14-7-22-59-20-5-10-28(40(32)59)24-34(37)43)18-8-15-36(61)52-16-17-53-50(65)76-44-41(62)35(25-73-80(69,70)78-81(71,72)77-79(66,67)68)74-48(44)60-26-54-38-45(60)55-49(51)56-46(38)63/h2-3,11-12,23-24,26,35,41,44,48,62H,4-10,13-22,25H2,1H3,(H8-,51,52,53,55,56,61,63,65,66,67,68,69,70,71,72)/p+1/t35-,41-,44-,48-/m1/s1. The van der Waals surface area contributed by atoms with Gasteiger partial charge >= 0.3 is 29.6 Å². The molecule has 2 aromatic heterocycles.